The second-order valence-corrected chi connectivity index (χ2v) is 7.84. The Morgan fingerprint density at radius 2 is 1.67 bits per heavy atom. The molecule has 0 aliphatic carbocycles. The summed E-state index contributed by atoms with van der Waals surface area (Å²) in [5.41, 5.74) is -0.204. The van der Waals surface area contributed by atoms with Gasteiger partial charge in [0.2, 0.25) is 0 Å². The summed E-state index contributed by atoms with van der Waals surface area (Å²) in [5.74, 6) is -1.07. The monoisotopic (exact) mass is 395 g/mol. The number of thiophene rings is 1. The molecule has 1 N–H and O–H groups in total. The first-order valence-corrected chi connectivity index (χ1v) is 10.7. The smallest absolute Gasteiger partial charge is 0.397 e. The van der Waals surface area contributed by atoms with Gasteiger partial charge in [-0.2, -0.15) is 4.98 Å². The van der Waals surface area contributed by atoms with Crippen LogP contribution in [0.5, 0.6) is 6.08 Å². The van der Waals surface area contributed by atoms with E-state index in [4.69, 9.17) is 14.3 Å². The average Bonchev–Trinajstić information content (AvgIpc) is 2.97. The van der Waals surface area contributed by atoms with Gasteiger partial charge in [0, 0.05) is 0 Å². The van der Waals surface area contributed by atoms with Crippen molar-refractivity contribution in [2.45, 2.75) is 78.1 Å². The lowest BCUT2D eigenvalue weighted by atomic mass is 10.1. The zero-order valence-electron chi connectivity index (χ0n) is 16.2. The molecule has 2 rings (SSSR count). The molecule has 0 aromatic carbocycles. The molecule has 0 aliphatic heterocycles. The summed E-state index contributed by atoms with van der Waals surface area (Å²) in [5, 5.41) is 9.39. The number of aromatic nitrogens is 1. The normalized spacial score (nSPS) is 11.2. The molecule has 0 amide bonds. The van der Waals surface area contributed by atoms with Gasteiger partial charge < -0.3 is 14.3 Å². The van der Waals surface area contributed by atoms with Crippen molar-refractivity contribution >= 4 is 27.5 Å². The molecule has 2 aromatic heterocycles. The van der Waals surface area contributed by atoms with Crippen LogP contribution in [0.3, 0.4) is 0 Å². The fourth-order valence-electron chi connectivity index (χ4n) is 3.07. The highest BCUT2D eigenvalue weighted by atomic mass is 32.1. The SMILES string of the molecule is CCCCCCCCCCCCOc1nc2sc(C(=O)O)c(C)c2c(=O)o1. The van der Waals surface area contributed by atoms with Crippen molar-refractivity contribution in [3.05, 3.63) is 20.9 Å². The predicted octanol–water partition coefficient (Wildman–Crippen LogP) is 5.56. The molecule has 0 bridgehead atoms. The van der Waals surface area contributed by atoms with Crippen molar-refractivity contribution in [1.29, 1.82) is 0 Å². The quantitative estimate of drug-likeness (QED) is 0.447. The Bertz CT molecular complexity index is 796. The van der Waals surface area contributed by atoms with Crippen molar-refractivity contribution in [3.8, 4) is 6.08 Å². The Kier molecular flexibility index (Phi) is 8.78. The maximum atomic E-state index is 12.1. The van der Waals surface area contributed by atoms with Crippen LogP contribution in [0.15, 0.2) is 9.21 Å². The number of aryl methyl sites for hydroxylation is 1. The first kappa shape index (κ1) is 21.4. The van der Waals surface area contributed by atoms with Crippen LogP contribution in [0.1, 0.15) is 86.4 Å². The molecule has 7 heteroatoms. The van der Waals surface area contributed by atoms with Gasteiger partial charge in [0.1, 0.15) is 15.1 Å². The van der Waals surface area contributed by atoms with E-state index in [1.165, 1.54) is 51.4 Å². The van der Waals surface area contributed by atoms with Gasteiger partial charge in [-0.1, -0.05) is 64.7 Å². The van der Waals surface area contributed by atoms with Gasteiger partial charge in [-0.3, -0.25) is 0 Å². The van der Waals surface area contributed by atoms with Gasteiger partial charge in [-0.25, -0.2) is 9.59 Å². The summed E-state index contributed by atoms with van der Waals surface area (Å²) < 4.78 is 10.5. The topological polar surface area (TPSA) is 89.6 Å². The molecule has 2 aromatic rings. The fourth-order valence-corrected chi connectivity index (χ4v) is 4.06. The van der Waals surface area contributed by atoms with E-state index in [-0.39, 0.29) is 16.3 Å². The summed E-state index contributed by atoms with van der Waals surface area (Å²) >= 11 is 0.969. The van der Waals surface area contributed by atoms with Crippen molar-refractivity contribution in [3.63, 3.8) is 0 Å². The van der Waals surface area contributed by atoms with Gasteiger partial charge in [0.25, 0.3) is 0 Å². The minimum Gasteiger partial charge on any atom is -0.477 e. The molecular weight excluding hydrogens is 366 g/mol. The molecule has 0 radical (unpaired) electrons. The van der Waals surface area contributed by atoms with Gasteiger partial charge >= 0.3 is 17.7 Å². The molecule has 0 atom stereocenters. The molecule has 0 fully saturated rings. The summed E-state index contributed by atoms with van der Waals surface area (Å²) in [6, 6.07) is 0. The van der Waals surface area contributed by atoms with E-state index < -0.39 is 11.6 Å². The summed E-state index contributed by atoms with van der Waals surface area (Å²) in [6.07, 6.45) is 12.2. The Labute approximate surface area is 163 Å². The van der Waals surface area contributed by atoms with Crippen LogP contribution in [0.2, 0.25) is 0 Å². The zero-order chi connectivity index (χ0) is 19.6. The number of nitrogens with zero attached hydrogens (tertiary/aromatic N) is 1. The van der Waals surface area contributed by atoms with Crippen LogP contribution in [-0.2, 0) is 0 Å². The molecule has 2 heterocycles. The minimum atomic E-state index is -1.07. The molecular formula is C20H29NO5S. The molecule has 0 saturated heterocycles. The number of rotatable bonds is 13. The lowest BCUT2D eigenvalue weighted by molar-refractivity contribution is 0.0701. The minimum absolute atomic E-state index is 0.0818. The van der Waals surface area contributed by atoms with Crippen LogP contribution in [0.25, 0.3) is 10.2 Å². The molecule has 6 nitrogen and oxygen atoms in total. The first-order chi connectivity index (χ1) is 13.0. The predicted molar refractivity (Wildman–Crippen MR) is 107 cm³/mol. The largest absolute Gasteiger partial charge is 0.477 e. The van der Waals surface area contributed by atoms with E-state index in [1.54, 1.807) is 6.92 Å². The van der Waals surface area contributed by atoms with Gasteiger partial charge in [-0.05, 0) is 18.9 Å². The van der Waals surface area contributed by atoms with E-state index in [0.717, 1.165) is 24.2 Å². The lowest BCUT2D eigenvalue weighted by Crippen LogP contribution is -2.06. The number of carboxylic acid groups (broad SMARTS) is 1. The molecule has 27 heavy (non-hydrogen) atoms. The Hall–Kier alpha value is -1.89. The fraction of sp³-hybridized carbons (Fsp3) is 0.650. The Morgan fingerprint density at radius 3 is 2.26 bits per heavy atom. The molecule has 0 saturated carbocycles. The molecule has 0 aliphatic rings. The van der Waals surface area contributed by atoms with Gasteiger partial charge in [-0.15, -0.1) is 11.3 Å². The number of unbranched alkanes of at least 4 members (excludes halogenated alkanes) is 9. The number of hydrogen-bond donors (Lipinski definition) is 1. The molecule has 0 unspecified atom stereocenters. The van der Waals surface area contributed by atoms with Gasteiger partial charge in [0.15, 0.2) is 0 Å². The van der Waals surface area contributed by atoms with Crippen molar-refractivity contribution in [2.24, 2.45) is 0 Å². The highest BCUT2D eigenvalue weighted by molar-refractivity contribution is 7.20. The number of hydrogen-bond acceptors (Lipinski definition) is 6. The molecule has 0 spiro atoms. The van der Waals surface area contributed by atoms with Crippen molar-refractivity contribution in [1.82, 2.24) is 4.98 Å². The first-order valence-electron chi connectivity index (χ1n) is 9.85. The standard InChI is InChI=1S/C20H29NO5S/c1-3-4-5-6-7-8-9-10-11-12-13-25-20-21-17-15(19(24)26-20)14(2)16(27-17)18(22)23/h3-13H2,1-2H3,(H,22,23). The third-order valence-electron chi connectivity index (χ3n) is 4.62. The maximum Gasteiger partial charge on any atom is 0.397 e. The molecule has 150 valence electrons. The van der Waals surface area contributed by atoms with E-state index in [1.807, 2.05) is 0 Å². The summed E-state index contributed by atoms with van der Waals surface area (Å²) in [4.78, 5) is 27.9. The van der Waals surface area contributed by atoms with Crippen LogP contribution in [0, 0.1) is 6.92 Å². The average molecular weight is 396 g/mol. The lowest BCUT2D eigenvalue weighted by Gasteiger charge is -2.04. The Morgan fingerprint density at radius 1 is 1.07 bits per heavy atom. The number of carboxylic acids is 1. The third-order valence-corrected chi connectivity index (χ3v) is 5.80. The van der Waals surface area contributed by atoms with E-state index >= 15 is 0 Å². The van der Waals surface area contributed by atoms with Gasteiger partial charge in [0.05, 0.1) is 6.61 Å². The highest BCUT2D eigenvalue weighted by Gasteiger charge is 2.20. The number of fused-ring (bicyclic) bond motifs is 1. The zero-order valence-corrected chi connectivity index (χ0v) is 17.0. The Balaban J connectivity index is 1.71. The number of aromatic carboxylic acids is 1. The van der Waals surface area contributed by atoms with Crippen LogP contribution >= 0.6 is 11.3 Å². The second kappa shape index (κ2) is 11.1. The van der Waals surface area contributed by atoms with E-state index in [2.05, 4.69) is 11.9 Å². The van der Waals surface area contributed by atoms with Crippen molar-refractivity contribution in [2.75, 3.05) is 6.61 Å². The maximum absolute atomic E-state index is 12.1. The van der Waals surface area contributed by atoms with Crippen LogP contribution < -0.4 is 10.4 Å². The number of ether oxygens (including phenoxy) is 1. The summed E-state index contributed by atoms with van der Waals surface area (Å²) in [6.45, 7) is 4.26. The highest BCUT2D eigenvalue weighted by Crippen LogP contribution is 2.28. The van der Waals surface area contributed by atoms with Crippen LogP contribution in [-0.4, -0.2) is 22.7 Å². The van der Waals surface area contributed by atoms with Crippen molar-refractivity contribution < 1.29 is 19.1 Å². The van der Waals surface area contributed by atoms with E-state index in [9.17, 15) is 9.59 Å². The third kappa shape index (κ3) is 6.34. The van der Waals surface area contributed by atoms with E-state index in [0.29, 0.717) is 17.0 Å². The number of carbonyl (C=O) groups is 1. The summed E-state index contributed by atoms with van der Waals surface area (Å²) in [7, 11) is 0. The van der Waals surface area contributed by atoms with Crippen LogP contribution in [0.4, 0.5) is 0 Å². The second-order valence-electron chi connectivity index (χ2n) is 6.84.